The van der Waals surface area contributed by atoms with Gasteiger partial charge in [0.25, 0.3) is 0 Å². The SMILES string of the molecule is CCN(CC(=O)NC(C)C)C(=O)/C=C/c1ccc2c(c1)OCO2. The third kappa shape index (κ3) is 4.74. The molecule has 0 unspecified atom stereocenters. The third-order valence-corrected chi connectivity index (χ3v) is 3.29. The zero-order chi connectivity index (χ0) is 16.8. The lowest BCUT2D eigenvalue weighted by Gasteiger charge is -2.19. The first kappa shape index (κ1) is 16.9. The van der Waals surface area contributed by atoms with Crippen molar-refractivity contribution in [3.63, 3.8) is 0 Å². The van der Waals surface area contributed by atoms with E-state index in [1.807, 2.05) is 32.9 Å². The zero-order valence-corrected chi connectivity index (χ0v) is 13.7. The number of nitrogens with zero attached hydrogens (tertiary/aromatic N) is 1. The Bertz CT molecular complexity index is 611. The number of rotatable bonds is 6. The van der Waals surface area contributed by atoms with Gasteiger partial charge in [0, 0.05) is 18.7 Å². The van der Waals surface area contributed by atoms with Gasteiger partial charge in [-0.25, -0.2) is 0 Å². The monoisotopic (exact) mass is 318 g/mol. The van der Waals surface area contributed by atoms with Crippen LogP contribution in [0.2, 0.25) is 0 Å². The van der Waals surface area contributed by atoms with E-state index in [-0.39, 0.29) is 31.2 Å². The molecule has 1 heterocycles. The summed E-state index contributed by atoms with van der Waals surface area (Å²) in [5, 5.41) is 2.78. The van der Waals surface area contributed by atoms with E-state index in [0.29, 0.717) is 18.0 Å². The summed E-state index contributed by atoms with van der Waals surface area (Å²) in [7, 11) is 0. The van der Waals surface area contributed by atoms with Crippen molar-refractivity contribution in [3.05, 3.63) is 29.8 Å². The van der Waals surface area contributed by atoms with Crippen LogP contribution in [0.1, 0.15) is 26.3 Å². The minimum absolute atomic E-state index is 0.0546. The Morgan fingerprint density at radius 1 is 1.30 bits per heavy atom. The molecule has 0 aliphatic carbocycles. The van der Waals surface area contributed by atoms with Crippen molar-refractivity contribution < 1.29 is 19.1 Å². The van der Waals surface area contributed by atoms with Crippen LogP contribution in [0.5, 0.6) is 11.5 Å². The molecule has 1 N–H and O–H groups in total. The molecule has 1 aromatic carbocycles. The molecule has 0 radical (unpaired) electrons. The zero-order valence-electron chi connectivity index (χ0n) is 13.7. The summed E-state index contributed by atoms with van der Waals surface area (Å²) in [4.78, 5) is 25.5. The molecule has 1 aliphatic heterocycles. The Morgan fingerprint density at radius 2 is 2.04 bits per heavy atom. The molecule has 1 aromatic rings. The Kier molecular flexibility index (Phi) is 5.62. The predicted octanol–water partition coefficient (Wildman–Crippen LogP) is 1.80. The van der Waals surface area contributed by atoms with Crippen molar-refractivity contribution in [2.24, 2.45) is 0 Å². The number of fused-ring (bicyclic) bond motifs is 1. The van der Waals surface area contributed by atoms with E-state index in [2.05, 4.69) is 5.32 Å². The fourth-order valence-electron chi connectivity index (χ4n) is 2.18. The van der Waals surface area contributed by atoms with E-state index < -0.39 is 0 Å². The fourth-order valence-corrected chi connectivity index (χ4v) is 2.18. The van der Waals surface area contributed by atoms with Crippen LogP contribution in [0.3, 0.4) is 0 Å². The average molecular weight is 318 g/mol. The Labute approximate surface area is 136 Å². The van der Waals surface area contributed by atoms with Gasteiger partial charge in [0.05, 0.1) is 6.54 Å². The maximum atomic E-state index is 12.2. The number of carbonyl (C=O) groups excluding carboxylic acids is 2. The number of carbonyl (C=O) groups is 2. The van der Waals surface area contributed by atoms with E-state index in [9.17, 15) is 9.59 Å². The first-order chi connectivity index (χ1) is 11.0. The Morgan fingerprint density at radius 3 is 2.74 bits per heavy atom. The molecule has 6 nitrogen and oxygen atoms in total. The predicted molar refractivity (Wildman–Crippen MR) is 87.1 cm³/mol. The normalized spacial score (nSPS) is 12.7. The fraction of sp³-hybridized carbons (Fsp3) is 0.412. The smallest absolute Gasteiger partial charge is 0.247 e. The van der Waals surface area contributed by atoms with Crippen molar-refractivity contribution in [2.45, 2.75) is 26.8 Å². The average Bonchev–Trinajstić information content (AvgIpc) is 2.97. The summed E-state index contributed by atoms with van der Waals surface area (Å²) in [6, 6.07) is 5.52. The Hall–Kier alpha value is -2.50. The number of likely N-dealkylation sites (N-methyl/N-ethyl adjacent to an activating group) is 1. The van der Waals surface area contributed by atoms with Gasteiger partial charge in [-0.2, -0.15) is 0 Å². The van der Waals surface area contributed by atoms with Crippen molar-refractivity contribution in [2.75, 3.05) is 19.9 Å². The first-order valence-electron chi connectivity index (χ1n) is 7.65. The molecule has 0 spiro atoms. The molecule has 2 rings (SSSR count). The van der Waals surface area contributed by atoms with E-state index in [1.54, 1.807) is 12.1 Å². The molecule has 0 atom stereocenters. The summed E-state index contributed by atoms with van der Waals surface area (Å²) in [5.74, 6) is 1.01. The summed E-state index contributed by atoms with van der Waals surface area (Å²) < 4.78 is 10.5. The van der Waals surface area contributed by atoms with E-state index >= 15 is 0 Å². The van der Waals surface area contributed by atoms with Crippen LogP contribution >= 0.6 is 0 Å². The molecule has 2 amide bonds. The van der Waals surface area contributed by atoms with Crippen LogP contribution in [-0.4, -0.2) is 42.6 Å². The highest BCUT2D eigenvalue weighted by Gasteiger charge is 2.15. The second-order valence-corrected chi connectivity index (χ2v) is 5.52. The van der Waals surface area contributed by atoms with Crippen LogP contribution in [0.25, 0.3) is 6.08 Å². The second-order valence-electron chi connectivity index (χ2n) is 5.52. The summed E-state index contributed by atoms with van der Waals surface area (Å²) in [6.07, 6.45) is 3.16. The second kappa shape index (κ2) is 7.67. The highest BCUT2D eigenvalue weighted by Crippen LogP contribution is 2.32. The molecule has 1 aliphatic rings. The Balaban J connectivity index is 1.97. The van der Waals surface area contributed by atoms with Crippen molar-refractivity contribution >= 4 is 17.9 Å². The summed E-state index contributed by atoms with van der Waals surface area (Å²) in [6.45, 7) is 6.35. The molecular formula is C17H22N2O4. The third-order valence-electron chi connectivity index (χ3n) is 3.29. The highest BCUT2D eigenvalue weighted by atomic mass is 16.7. The van der Waals surface area contributed by atoms with Crippen LogP contribution in [0.15, 0.2) is 24.3 Å². The van der Waals surface area contributed by atoms with Crippen molar-refractivity contribution in [1.29, 1.82) is 0 Å². The summed E-state index contributed by atoms with van der Waals surface area (Å²) in [5.41, 5.74) is 0.838. The lowest BCUT2D eigenvalue weighted by molar-refractivity contribution is -0.132. The number of hydrogen-bond donors (Lipinski definition) is 1. The lowest BCUT2D eigenvalue weighted by Crippen LogP contribution is -2.42. The minimum Gasteiger partial charge on any atom is -0.454 e. The van der Waals surface area contributed by atoms with Gasteiger partial charge in [-0.15, -0.1) is 0 Å². The number of nitrogens with one attached hydrogen (secondary N) is 1. The quantitative estimate of drug-likeness (QED) is 0.812. The van der Waals surface area contributed by atoms with Gasteiger partial charge >= 0.3 is 0 Å². The van der Waals surface area contributed by atoms with Crippen LogP contribution < -0.4 is 14.8 Å². The van der Waals surface area contributed by atoms with E-state index in [4.69, 9.17) is 9.47 Å². The molecule has 0 saturated heterocycles. The minimum atomic E-state index is -0.205. The van der Waals surface area contributed by atoms with Gasteiger partial charge in [0.1, 0.15) is 0 Å². The molecule has 6 heteroatoms. The van der Waals surface area contributed by atoms with Gasteiger partial charge in [-0.3, -0.25) is 9.59 Å². The molecule has 0 fully saturated rings. The maximum absolute atomic E-state index is 12.2. The standard InChI is InChI=1S/C17H22N2O4/c1-4-19(10-16(20)18-12(2)3)17(21)8-6-13-5-7-14-15(9-13)23-11-22-14/h5-9,12H,4,10-11H2,1-3H3,(H,18,20)/b8-6+. The largest absolute Gasteiger partial charge is 0.454 e. The van der Waals surface area contributed by atoms with Gasteiger partial charge in [-0.05, 0) is 44.5 Å². The molecule has 0 aromatic heterocycles. The van der Waals surface area contributed by atoms with Gasteiger partial charge < -0.3 is 19.7 Å². The molecule has 124 valence electrons. The van der Waals surface area contributed by atoms with Crippen LogP contribution in [0.4, 0.5) is 0 Å². The van der Waals surface area contributed by atoms with Crippen LogP contribution in [-0.2, 0) is 9.59 Å². The molecular weight excluding hydrogens is 296 g/mol. The molecule has 23 heavy (non-hydrogen) atoms. The van der Waals surface area contributed by atoms with Crippen molar-refractivity contribution in [1.82, 2.24) is 10.2 Å². The topological polar surface area (TPSA) is 67.9 Å². The van der Waals surface area contributed by atoms with Gasteiger partial charge in [-0.1, -0.05) is 6.07 Å². The van der Waals surface area contributed by atoms with Gasteiger partial charge in [0.15, 0.2) is 11.5 Å². The number of hydrogen-bond acceptors (Lipinski definition) is 4. The lowest BCUT2D eigenvalue weighted by atomic mass is 10.2. The summed E-state index contributed by atoms with van der Waals surface area (Å²) >= 11 is 0. The van der Waals surface area contributed by atoms with E-state index in [0.717, 1.165) is 5.56 Å². The number of amides is 2. The van der Waals surface area contributed by atoms with Crippen molar-refractivity contribution in [3.8, 4) is 11.5 Å². The molecule has 0 saturated carbocycles. The maximum Gasteiger partial charge on any atom is 0.247 e. The van der Waals surface area contributed by atoms with E-state index in [1.165, 1.54) is 11.0 Å². The molecule has 0 bridgehead atoms. The van der Waals surface area contributed by atoms with Gasteiger partial charge in [0.2, 0.25) is 18.6 Å². The first-order valence-corrected chi connectivity index (χ1v) is 7.65. The van der Waals surface area contributed by atoms with Crippen LogP contribution in [0, 0.1) is 0 Å². The number of ether oxygens (including phenoxy) is 2. The number of benzene rings is 1. The highest BCUT2D eigenvalue weighted by molar-refractivity contribution is 5.94.